The lowest BCUT2D eigenvalue weighted by Gasteiger charge is -2.24. The summed E-state index contributed by atoms with van der Waals surface area (Å²) in [5.74, 6) is 0.650. The Balaban J connectivity index is 2.17. The van der Waals surface area contributed by atoms with Crippen LogP contribution in [0.2, 0.25) is 0 Å². The van der Waals surface area contributed by atoms with Crippen LogP contribution in [0.15, 0.2) is 24.3 Å². The van der Waals surface area contributed by atoms with Gasteiger partial charge in [0.1, 0.15) is 5.54 Å². The molecule has 0 bridgehead atoms. The van der Waals surface area contributed by atoms with Gasteiger partial charge in [-0.05, 0) is 49.8 Å². The van der Waals surface area contributed by atoms with Crippen molar-refractivity contribution in [3.05, 3.63) is 29.8 Å². The Morgan fingerprint density at radius 2 is 2.31 bits per heavy atom. The van der Waals surface area contributed by atoms with Crippen molar-refractivity contribution in [2.75, 3.05) is 5.32 Å². The minimum atomic E-state index is -0.340. The number of nitrogens with one attached hydrogen (secondary N) is 1. The van der Waals surface area contributed by atoms with Crippen molar-refractivity contribution < 1.29 is 0 Å². The minimum Gasteiger partial charge on any atom is -0.367 e. The molecule has 1 aliphatic carbocycles. The number of rotatable bonds is 2. The van der Waals surface area contributed by atoms with Gasteiger partial charge in [0.2, 0.25) is 0 Å². The number of nitrogens with zero attached hydrogens (tertiary/aromatic N) is 1. The molecular weight excluding hydrogens is 196 g/mol. The van der Waals surface area contributed by atoms with Crippen LogP contribution in [0.25, 0.3) is 0 Å². The molecule has 0 aromatic heterocycles. The topological polar surface area (TPSA) is 35.8 Å². The maximum atomic E-state index is 9.35. The van der Waals surface area contributed by atoms with Crippen LogP contribution in [0.5, 0.6) is 0 Å². The largest absolute Gasteiger partial charge is 0.367 e. The molecule has 0 aliphatic heterocycles. The summed E-state index contributed by atoms with van der Waals surface area (Å²) in [6.45, 7) is 4.29. The molecule has 1 aromatic rings. The van der Waals surface area contributed by atoms with Gasteiger partial charge in [0, 0.05) is 5.69 Å². The Hall–Kier alpha value is -1.49. The second-order valence-electron chi connectivity index (χ2n) is 5.04. The summed E-state index contributed by atoms with van der Waals surface area (Å²) in [5.41, 5.74) is 1.95. The predicted octanol–water partition coefficient (Wildman–Crippen LogP) is 3.49. The highest BCUT2D eigenvalue weighted by molar-refractivity contribution is 5.50. The summed E-state index contributed by atoms with van der Waals surface area (Å²) in [5, 5.41) is 12.8. The van der Waals surface area contributed by atoms with E-state index in [9.17, 15) is 5.26 Å². The molecule has 84 valence electrons. The fourth-order valence-corrected chi connectivity index (χ4v) is 2.53. The maximum Gasteiger partial charge on any atom is 0.125 e. The van der Waals surface area contributed by atoms with Crippen LogP contribution < -0.4 is 5.32 Å². The van der Waals surface area contributed by atoms with Crippen molar-refractivity contribution >= 4 is 5.69 Å². The Morgan fingerprint density at radius 3 is 2.88 bits per heavy atom. The molecule has 1 fully saturated rings. The molecule has 2 nitrogen and oxygen atoms in total. The zero-order valence-corrected chi connectivity index (χ0v) is 9.96. The van der Waals surface area contributed by atoms with E-state index in [-0.39, 0.29) is 5.54 Å². The third-order valence-corrected chi connectivity index (χ3v) is 3.38. The average Bonchev–Trinajstić information content (AvgIpc) is 2.61. The fourth-order valence-electron chi connectivity index (χ4n) is 2.53. The van der Waals surface area contributed by atoms with E-state index in [0.29, 0.717) is 5.92 Å². The average molecular weight is 214 g/mol. The number of aryl methyl sites for hydroxylation is 1. The lowest BCUT2D eigenvalue weighted by molar-refractivity contribution is 0.558. The first-order chi connectivity index (χ1) is 7.63. The SMILES string of the molecule is Cc1cccc(NC2(C#N)CCC(C)C2)c1. The van der Waals surface area contributed by atoms with Gasteiger partial charge in [-0.1, -0.05) is 19.1 Å². The summed E-state index contributed by atoms with van der Waals surface area (Å²) < 4.78 is 0. The normalized spacial score (nSPS) is 28.7. The summed E-state index contributed by atoms with van der Waals surface area (Å²) >= 11 is 0. The van der Waals surface area contributed by atoms with Crippen molar-refractivity contribution in [3.8, 4) is 6.07 Å². The third kappa shape index (κ3) is 2.19. The number of nitriles is 1. The minimum absolute atomic E-state index is 0.340. The molecule has 2 atom stereocenters. The molecule has 2 rings (SSSR count). The molecule has 0 spiro atoms. The van der Waals surface area contributed by atoms with Gasteiger partial charge < -0.3 is 5.32 Å². The van der Waals surface area contributed by atoms with Crippen LogP contribution in [0.3, 0.4) is 0 Å². The van der Waals surface area contributed by atoms with Crippen molar-refractivity contribution in [1.82, 2.24) is 0 Å². The smallest absolute Gasteiger partial charge is 0.125 e. The Labute approximate surface area is 97.3 Å². The first-order valence-electron chi connectivity index (χ1n) is 5.90. The maximum absolute atomic E-state index is 9.35. The lowest BCUT2D eigenvalue weighted by Crippen LogP contribution is -2.33. The van der Waals surface area contributed by atoms with E-state index in [2.05, 4.69) is 37.4 Å². The standard InChI is InChI=1S/C14H18N2/c1-11-4-3-5-13(8-11)16-14(10-15)7-6-12(2)9-14/h3-5,8,12,16H,6-7,9H2,1-2H3. The highest BCUT2D eigenvalue weighted by atomic mass is 15.0. The molecule has 1 aromatic carbocycles. The Bertz CT molecular complexity index is 419. The van der Waals surface area contributed by atoms with Gasteiger partial charge in [0.15, 0.2) is 0 Å². The molecular formula is C14H18N2. The fraction of sp³-hybridized carbons (Fsp3) is 0.500. The van der Waals surface area contributed by atoms with E-state index in [0.717, 1.165) is 24.9 Å². The summed E-state index contributed by atoms with van der Waals surface area (Å²) in [4.78, 5) is 0. The number of hydrogen-bond donors (Lipinski definition) is 1. The number of benzene rings is 1. The zero-order valence-electron chi connectivity index (χ0n) is 9.96. The van der Waals surface area contributed by atoms with Crippen LogP contribution in [0, 0.1) is 24.2 Å². The number of hydrogen-bond acceptors (Lipinski definition) is 2. The van der Waals surface area contributed by atoms with Crippen LogP contribution in [0.4, 0.5) is 5.69 Å². The molecule has 0 saturated heterocycles. The van der Waals surface area contributed by atoms with Crippen molar-refractivity contribution in [3.63, 3.8) is 0 Å². The molecule has 1 aliphatic rings. The van der Waals surface area contributed by atoms with Crippen molar-refractivity contribution in [1.29, 1.82) is 5.26 Å². The first kappa shape index (κ1) is 11.0. The second-order valence-corrected chi connectivity index (χ2v) is 5.04. The molecule has 0 amide bonds. The monoisotopic (exact) mass is 214 g/mol. The van der Waals surface area contributed by atoms with E-state index in [4.69, 9.17) is 0 Å². The predicted molar refractivity (Wildman–Crippen MR) is 66.2 cm³/mol. The van der Waals surface area contributed by atoms with E-state index in [1.807, 2.05) is 12.1 Å². The quantitative estimate of drug-likeness (QED) is 0.818. The summed E-state index contributed by atoms with van der Waals surface area (Å²) in [6.07, 6.45) is 3.06. The van der Waals surface area contributed by atoms with Crippen molar-refractivity contribution in [2.45, 2.75) is 38.6 Å². The zero-order chi connectivity index (χ0) is 11.6. The van der Waals surface area contributed by atoms with Gasteiger partial charge in [-0.25, -0.2) is 0 Å². The third-order valence-electron chi connectivity index (χ3n) is 3.38. The molecule has 0 radical (unpaired) electrons. The Kier molecular flexibility index (Phi) is 2.87. The van der Waals surface area contributed by atoms with Crippen LogP contribution in [-0.4, -0.2) is 5.54 Å². The van der Waals surface area contributed by atoms with Crippen LogP contribution in [0.1, 0.15) is 31.7 Å². The Morgan fingerprint density at radius 1 is 1.50 bits per heavy atom. The molecule has 1 saturated carbocycles. The second kappa shape index (κ2) is 4.17. The van der Waals surface area contributed by atoms with Gasteiger partial charge in [-0.2, -0.15) is 5.26 Å². The summed E-state index contributed by atoms with van der Waals surface area (Å²) in [6, 6.07) is 10.7. The molecule has 2 heteroatoms. The van der Waals surface area contributed by atoms with Gasteiger partial charge in [0.25, 0.3) is 0 Å². The van der Waals surface area contributed by atoms with E-state index >= 15 is 0 Å². The van der Waals surface area contributed by atoms with E-state index in [1.54, 1.807) is 0 Å². The first-order valence-corrected chi connectivity index (χ1v) is 5.90. The lowest BCUT2D eigenvalue weighted by atomic mass is 9.97. The summed E-state index contributed by atoms with van der Waals surface area (Å²) in [7, 11) is 0. The van der Waals surface area contributed by atoms with Gasteiger partial charge in [0.05, 0.1) is 6.07 Å². The van der Waals surface area contributed by atoms with E-state index in [1.165, 1.54) is 5.56 Å². The molecule has 1 N–H and O–H groups in total. The van der Waals surface area contributed by atoms with Crippen LogP contribution in [-0.2, 0) is 0 Å². The van der Waals surface area contributed by atoms with Crippen molar-refractivity contribution in [2.24, 2.45) is 5.92 Å². The van der Waals surface area contributed by atoms with Gasteiger partial charge >= 0.3 is 0 Å². The van der Waals surface area contributed by atoms with Gasteiger partial charge in [-0.15, -0.1) is 0 Å². The molecule has 0 heterocycles. The highest BCUT2D eigenvalue weighted by Crippen LogP contribution is 2.36. The van der Waals surface area contributed by atoms with Gasteiger partial charge in [-0.3, -0.25) is 0 Å². The number of anilines is 1. The molecule has 16 heavy (non-hydrogen) atoms. The van der Waals surface area contributed by atoms with E-state index < -0.39 is 0 Å². The highest BCUT2D eigenvalue weighted by Gasteiger charge is 2.37. The van der Waals surface area contributed by atoms with Crippen LogP contribution >= 0.6 is 0 Å². The molecule has 2 unspecified atom stereocenters.